The van der Waals surface area contributed by atoms with Gasteiger partial charge in [-0.3, -0.25) is 9.79 Å². The summed E-state index contributed by atoms with van der Waals surface area (Å²) < 4.78 is 13.5. The van der Waals surface area contributed by atoms with Gasteiger partial charge in [-0.15, -0.1) is 0 Å². The second-order valence-corrected chi connectivity index (χ2v) is 6.17. The van der Waals surface area contributed by atoms with Crippen molar-refractivity contribution in [2.75, 3.05) is 7.05 Å². The molecule has 0 amide bonds. The van der Waals surface area contributed by atoms with Gasteiger partial charge < -0.3 is 5.11 Å². The molecule has 4 nitrogen and oxygen atoms in total. The van der Waals surface area contributed by atoms with E-state index >= 15 is 0 Å². The SMILES string of the molecule is CN=C(C=C(c1ccccc1)C(C)CCC(=O)O)c1ccc(F)c(C)n1. The Morgan fingerprint density at radius 3 is 2.54 bits per heavy atom. The van der Waals surface area contributed by atoms with Gasteiger partial charge >= 0.3 is 5.97 Å². The van der Waals surface area contributed by atoms with E-state index in [9.17, 15) is 9.18 Å². The summed E-state index contributed by atoms with van der Waals surface area (Å²) in [6.45, 7) is 3.61. The zero-order chi connectivity index (χ0) is 19.1. The van der Waals surface area contributed by atoms with Crippen LogP contribution in [0.1, 0.15) is 36.7 Å². The van der Waals surface area contributed by atoms with Gasteiger partial charge in [0, 0.05) is 13.5 Å². The van der Waals surface area contributed by atoms with Gasteiger partial charge in [0.2, 0.25) is 0 Å². The summed E-state index contributed by atoms with van der Waals surface area (Å²) in [6, 6.07) is 12.8. The van der Waals surface area contributed by atoms with Crippen LogP contribution in [0.2, 0.25) is 0 Å². The van der Waals surface area contributed by atoms with E-state index in [-0.39, 0.29) is 18.2 Å². The summed E-state index contributed by atoms with van der Waals surface area (Å²) in [4.78, 5) is 19.5. The maximum Gasteiger partial charge on any atom is 0.303 e. The lowest BCUT2D eigenvalue weighted by atomic mass is 9.89. The first-order valence-electron chi connectivity index (χ1n) is 8.51. The van der Waals surface area contributed by atoms with Crippen molar-refractivity contribution >= 4 is 17.3 Å². The van der Waals surface area contributed by atoms with Gasteiger partial charge in [-0.2, -0.15) is 0 Å². The lowest BCUT2D eigenvalue weighted by molar-refractivity contribution is -0.137. The summed E-state index contributed by atoms with van der Waals surface area (Å²) in [7, 11) is 1.66. The third-order valence-corrected chi connectivity index (χ3v) is 4.25. The van der Waals surface area contributed by atoms with Gasteiger partial charge in [0.1, 0.15) is 5.82 Å². The van der Waals surface area contributed by atoms with Crippen molar-refractivity contribution < 1.29 is 14.3 Å². The molecular weight excluding hydrogens is 331 g/mol. The van der Waals surface area contributed by atoms with Crippen LogP contribution in [0.15, 0.2) is 53.5 Å². The number of pyridine rings is 1. The Hall–Kier alpha value is -2.82. The van der Waals surface area contributed by atoms with E-state index in [1.165, 1.54) is 6.07 Å². The minimum Gasteiger partial charge on any atom is -0.481 e. The van der Waals surface area contributed by atoms with Crippen LogP contribution >= 0.6 is 0 Å². The number of rotatable bonds is 7. The van der Waals surface area contributed by atoms with E-state index in [1.807, 2.05) is 43.3 Å². The number of hydrogen-bond donors (Lipinski definition) is 1. The van der Waals surface area contributed by atoms with Crippen molar-refractivity contribution in [3.63, 3.8) is 0 Å². The Labute approximate surface area is 153 Å². The number of hydrogen-bond acceptors (Lipinski definition) is 3. The van der Waals surface area contributed by atoms with Crippen LogP contribution in [0.4, 0.5) is 4.39 Å². The molecule has 1 heterocycles. The molecule has 136 valence electrons. The number of aryl methyl sites for hydroxylation is 1. The highest BCUT2D eigenvalue weighted by Gasteiger charge is 2.15. The fraction of sp³-hybridized carbons (Fsp3) is 0.286. The van der Waals surface area contributed by atoms with Gasteiger partial charge in [-0.05, 0) is 48.6 Å². The molecule has 5 heteroatoms. The zero-order valence-corrected chi connectivity index (χ0v) is 15.2. The van der Waals surface area contributed by atoms with Crippen LogP contribution in [0.3, 0.4) is 0 Å². The van der Waals surface area contributed by atoms with Crippen LogP contribution in [0, 0.1) is 18.7 Å². The molecule has 1 aromatic carbocycles. The highest BCUT2D eigenvalue weighted by atomic mass is 19.1. The van der Waals surface area contributed by atoms with Crippen molar-refractivity contribution in [1.82, 2.24) is 4.98 Å². The Morgan fingerprint density at radius 1 is 1.27 bits per heavy atom. The van der Waals surface area contributed by atoms with E-state index in [1.54, 1.807) is 20.0 Å². The molecule has 0 saturated heterocycles. The van der Waals surface area contributed by atoms with E-state index < -0.39 is 5.97 Å². The summed E-state index contributed by atoms with van der Waals surface area (Å²) in [5, 5.41) is 8.99. The molecule has 1 N–H and O–H groups in total. The summed E-state index contributed by atoms with van der Waals surface area (Å²) in [6.07, 6.45) is 2.53. The minimum atomic E-state index is -0.815. The molecule has 1 aromatic heterocycles. The van der Waals surface area contributed by atoms with Gasteiger partial charge in [0.25, 0.3) is 0 Å². The van der Waals surface area contributed by atoms with Crippen LogP contribution in [-0.2, 0) is 4.79 Å². The van der Waals surface area contributed by atoms with Crippen molar-refractivity contribution in [2.45, 2.75) is 26.7 Å². The monoisotopic (exact) mass is 354 g/mol. The van der Waals surface area contributed by atoms with Crippen molar-refractivity contribution in [2.24, 2.45) is 10.9 Å². The smallest absolute Gasteiger partial charge is 0.303 e. The van der Waals surface area contributed by atoms with Crippen LogP contribution < -0.4 is 0 Å². The first-order valence-corrected chi connectivity index (χ1v) is 8.51. The molecule has 1 atom stereocenters. The Kier molecular flexibility index (Phi) is 6.78. The second-order valence-electron chi connectivity index (χ2n) is 6.17. The molecule has 0 radical (unpaired) electrons. The predicted octanol–water partition coefficient (Wildman–Crippen LogP) is 4.53. The maximum atomic E-state index is 13.5. The summed E-state index contributed by atoms with van der Waals surface area (Å²) >= 11 is 0. The molecule has 0 fully saturated rings. The number of nitrogens with zero attached hydrogens (tertiary/aromatic N) is 2. The Morgan fingerprint density at radius 2 is 1.96 bits per heavy atom. The highest BCUT2D eigenvalue weighted by Crippen LogP contribution is 2.27. The normalized spacial score (nSPS) is 13.5. The lowest BCUT2D eigenvalue weighted by Gasteiger charge is -2.17. The van der Waals surface area contributed by atoms with Gasteiger partial charge in [0.05, 0.1) is 17.1 Å². The molecule has 1 unspecified atom stereocenters. The topological polar surface area (TPSA) is 62.5 Å². The molecule has 0 saturated carbocycles. The summed E-state index contributed by atoms with van der Waals surface area (Å²) in [5.41, 5.74) is 3.53. The standard InChI is InChI=1S/C21H23FN2O2/c1-14(9-12-21(25)26)17(16-7-5-4-6-8-16)13-20(23-3)19-11-10-18(22)15(2)24-19/h4-8,10-11,13-14H,9,12H2,1-3H3,(H,25,26). The van der Waals surface area contributed by atoms with E-state index in [2.05, 4.69) is 9.98 Å². The number of halogens is 1. The predicted molar refractivity (Wildman–Crippen MR) is 102 cm³/mol. The quantitative estimate of drug-likeness (QED) is 0.743. The first kappa shape index (κ1) is 19.5. The van der Waals surface area contributed by atoms with E-state index in [0.717, 1.165) is 11.1 Å². The molecule has 2 rings (SSSR count). The lowest BCUT2D eigenvalue weighted by Crippen LogP contribution is -2.08. The highest BCUT2D eigenvalue weighted by molar-refractivity contribution is 6.11. The molecule has 0 aliphatic rings. The fourth-order valence-corrected chi connectivity index (χ4v) is 2.72. The number of aliphatic carboxylic acids is 1. The van der Waals surface area contributed by atoms with Crippen molar-refractivity contribution in [1.29, 1.82) is 0 Å². The molecule has 2 aromatic rings. The molecule has 26 heavy (non-hydrogen) atoms. The zero-order valence-electron chi connectivity index (χ0n) is 15.2. The number of aromatic nitrogens is 1. The number of allylic oxidation sites excluding steroid dienone is 2. The fourth-order valence-electron chi connectivity index (χ4n) is 2.72. The van der Waals surface area contributed by atoms with E-state index in [0.29, 0.717) is 23.5 Å². The number of aliphatic imine (C=N–C) groups is 1. The molecule has 0 aliphatic carbocycles. The van der Waals surface area contributed by atoms with E-state index in [4.69, 9.17) is 5.11 Å². The van der Waals surface area contributed by atoms with Crippen LogP contribution in [-0.4, -0.2) is 28.8 Å². The third-order valence-electron chi connectivity index (χ3n) is 4.25. The molecular formula is C21H23FN2O2. The molecule has 0 aliphatic heterocycles. The average molecular weight is 354 g/mol. The third kappa shape index (κ3) is 5.09. The summed E-state index contributed by atoms with van der Waals surface area (Å²) in [5.74, 6) is -1.15. The van der Waals surface area contributed by atoms with Gasteiger partial charge in [0.15, 0.2) is 0 Å². The van der Waals surface area contributed by atoms with Crippen molar-refractivity contribution in [3.8, 4) is 0 Å². The number of carboxylic acid groups (broad SMARTS) is 1. The number of carboxylic acids is 1. The molecule has 0 bridgehead atoms. The Balaban J connectivity index is 2.44. The minimum absolute atomic E-state index is 0.0202. The first-order chi connectivity index (χ1) is 12.4. The Bertz CT molecular complexity index is 829. The average Bonchev–Trinajstić information content (AvgIpc) is 2.64. The second kappa shape index (κ2) is 9.04. The number of benzene rings is 1. The molecule has 0 spiro atoms. The van der Waals surface area contributed by atoms with Gasteiger partial charge in [-0.1, -0.05) is 37.3 Å². The van der Waals surface area contributed by atoms with Crippen molar-refractivity contribution in [3.05, 3.63) is 71.3 Å². The maximum absolute atomic E-state index is 13.5. The largest absolute Gasteiger partial charge is 0.481 e. The van der Waals surface area contributed by atoms with Crippen LogP contribution in [0.5, 0.6) is 0 Å². The van der Waals surface area contributed by atoms with Crippen LogP contribution in [0.25, 0.3) is 5.57 Å². The number of carbonyl (C=O) groups is 1. The van der Waals surface area contributed by atoms with Gasteiger partial charge in [-0.25, -0.2) is 9.37 Å².